The van der Waals surface area contributed by atoms with Crippen LogP contribution in [0.2, 0.25) is 5.02 Å². The molecule has 4 heterocycles. The van der Waals surface area contributed by atoms with Gasteiger partial charge in [0, 0.05) is 36.6 Å². The molecule has 0 aliphatic carbocycles. The van der Waals surface area contributed by atoms with Gasteiger partial charge in [-0.15, -0.1) is 0 Å². The Morgan fingerprint density at radius 3 is 2.71 bits per heavy atom. The summed E-state index contributed by atoms with van der Waals surface area (Å²) in [6.07, 6.45) is 3.62. The zero-order valence-electron chi connectivity index (χ0n) is 24.2. The first-order valence-corrected chi connectivity index (χ1v) is 14.4. The number of hydrogen-bond acceptors (Lipinski definition) is 5. The highest BCUT2D eigenvalue weighted by atomic mass is 35.5. The summed E-state index contributed by atoms with van der Waals surface area (Å²) in [5, 5.41) is 0.873. The number of amides is 1. The van der Waals surface area contributed by atoms with E-state index in [0.29, 0.717) is 46.3 Å². The maximum atomic E-state index is 16.7. The van der Waals surface area contributed by atoms with Gasteiger partial charge < -0.3 is 24.1 Å². The van der Waals surface area contributed by atoms with E-state index in [-0.39, 0.29) is 30.1 Å². The fourth-order valence-corrected chi connectivity index (χ4v) is 6.62. The summed E-state index contributed by atoms with van der Waals surface area (Å²) in [6, 6.07) is 7.56. The first-order chi connectivity index (χ1) is 20.1. The molecule has 2 atom stereocenters. The summed E-state index contributed by atoms with van der Waals surface area (Å²) in [5.41, 5.74) is 4.73. The minimum atomic E-state index is -0.465. The number of likely N-dealkylation sites (tertiary alicyclic amines) is 1. The summed E-state index contributed by atoms with van der Waals surface area (Å²) in [4.78, 5) is 32.0. The van der Waals surface area contributed by atoms with Crippen molar-refractivity contribution in [1.29, 1.82) is 0 Å². The lowest BCUT2D eigenvalue weighted by atomic mass is 9.95. The van der Waals surface area contributed by atoms with Crippen LogP contribution in [0.25, 0.3) is 37.9 Å². The molecule has 4 aromatic rings. The lowest BCUT2D eigenvalue weighted by Crippen LogP contribution is -2.57. The van der Waals surface area contributed by atoms with Gasteiger partial charge in [0.05, 0.1) is 22.9 Å². The van der Waals surface area contributed by atoms with Crippen LogP contribution in [0.4, 0.5) is 10.2 Å². The highest BCUT2D eigenvalue weighted by Gasteiger charge is 2.39. The van der Waals surface area contributed by atoms with Crippen molar-refractivity contribution in [2.24, 2.45) is 0 Å². The summed E-state index contributed by atoms with van der Waals surface area (Å²) < 4.78 is 18.7. The second-order valence-electron chi connectivity index (χ2n) is 11.6. The summed E-state index contributed by atoms with van der Waals surface area (Å²) in [6.45, 7) is 17.2. The predicted octanol–water partition coefficient (Wildman–Crippen LogP) is 5.66. The van der Waals surface area contributed by atoms with E-state index in [0.717, 1.165) is 35.3 Å². The molecule has 0 radical (unpaired) electrons. The second kappa shape index (κ2) is 10.7. The number of carbonyl (C=O) groups excluding carboxylic acids is 1. The van der Waals surface area contributed by atoms with Gasteiger partial charge >= 0.3 is 0 Å². The smallest absolute Gasteiger partial charge is 0.246 e. The molecule has 0 N–H and O–H groups in total. The van der Waals surface area contributed by atoms with Crippen molar-refractivity contribution in [2.75, 3.05) is 45.2 Å². The monoisotopic (exact) mass is 585 g/mol. The SMILES string of the molecule is [C-]#[N+]C[C@H]1C[C@@H](n2cnc3c(N4CC(N(C)C)C4)nc4c(F)c(-c5cccc(C)c5C)c(Cl)cc4c32)CN1C(=O)C=C. The van der Waals surface area contributed by atoms with Crippen LogP contribution in [0.1, 0.15) is 23.6 Å². The first-order valence-electron chi connectivity index (χ1n) is 14.1. The van der Waals surface area contributed by atoms with Crippen LogP contribution in [-0.2, 0) is 4.79 Å². The second-order valence-corrected chi connectivity index (χ2v) is 12.0. The zero-order chi connectivity index (χ0) is 29.9. The van der Waals surface area contributed by atoms with Gasteiger partial charge in [-0.1, -0.05) is 36.4 Å². The topological polar surface area (TPSA) is 61.9 Å². The Morgan fingerprint density at radius 1 is 1.26 bits per heavy atom. The summed E-state index contributed by atoms with van der Waals surface area (Å²) in [5.74, 6) is -0.0323. The van der Waals surface area contributed by atoms with Crippen LogP contribution in [0.15, 0.2) is 43.2 Å². The fourth-order valence-electron chi connectivity index (χ4n) is 6.33. The number of anilines is 1. The van der Waals surface area contributed by atoms with E-state index in [1.165, 1.54) is 6.08 Å². The molecule has 2 fully saturated rings. The molecule has 2 aliphatic heterocycles. The number of carbonyl (C=O) groups is 1. The van der Waals surface area contributed by atoms with Gasteiger partial charge in [-0.3, -0.25) is 4.79 Å². The third-order valence-electron chi connectivity index (χ3n) is 8.98. The van der Waals surface area contributed by atoms with Crippen LogP contribution in [0.5, 0.6) is 0 Å². The third-order valence-corrected chi connectivity index (χ3v) is 9.28. The molecule has 42 heavy (non-hydrogen) atoms. The molecule has 1 amide bonds. The Bertz CT molecular complexity index is 1790. The Morgan fingerprint density at radius 2 is 2.02 bits per heavy atom. The van der Waals surface area contributed by atoms with Gasteiger partial charge in [-0.2, -0.15) is 0 Å². The van der Waals surface area contributed by atoms with E-state index in [2.05, 4.69) is 21.2 Å². The fraction of sp³-hybridized carbons (Fsp3) is 0.375. The molecule has 216 valence electrons. The van der Waals surface area contributed by atoms with E-state index in [9.17, 15) is 4.79 Å². The lowest BCUT2D eigenvalue weighted by molar-refractivity contribution is -0.126. The van der Waals surface area contributed by atoms with E-state index in [1.807, 2.05) is 50.7 Å². The van der Waals surface area contributed by atoms with Crippen molar-refractivity contribution >= 4 is 45.3 Å². The minimum Gasteiger partial charge on any atom is -0.351 e. The quantitative estimate of drug-likeness (QED) is 0.216. The first kappa shape index (κ1) is 28.1. The molecule has 8 nitrogen and oxygen atoms in total. The number of imidazole rings is 1. The number of aromatic nitrogens is 3. The van der Waals surface area contributed by atoms with Crippen LogP contribution in [0.3, 0.4) is 0 Å². The van der Waals surface area contributed by atoms with Crippen molar-refractivity contribution in [1.82, 2.24) is 24.3 Å². The van der Waals surface area contributed by atoms with Crippen molar-refractivity contribution in [3.8, 4) is 11.1 Å². The van der Waals surface area contributed by atoms with E-state index < -0.39 is 5.82 Å². The van der Waals surface area contributed by atoms with Crippen LogP contribution >= 0.6 is 11.6 Å². The molecular weight excluding hydrogens is 553 g/mol. The van der Waals surface area contributed by atoms with Crippen molar-refractivity contribution in [2.45, 2.75) is 38.4 Å². The normalized spacial score (nSPS) is 19.1. The Kier molecular flexibility index (Phi) is 7.16. The Hall–Kier alpha value is -4.00. The van der Waals surface area contributed by atoms with E-state index in [1.54, 1.807) is 17.3 Å². The van der Waals surface area contributed by atoms with Gasteiger partial charge in [0.25, 0.3) is 0 Å². The molecule has 2 saturated heterocycles. The average molecular weight is 586 g/mol. The molecule has 2 aliphatic rings. The highest BCUT2D eigenvalue weighted by Crippen LogP contribution is 2.43. The van der Waals surface area contributed by atoms with Crippen LogP contribution < -0.4 is 4.90 Å². The average Bonchev–Trinajstić information content (AvgIpc) is 3.55. The molecule has 2 aromatic carbocycles. The molecular formula is C32H33ClFN7O. The van der Waals surface area contributed by atoms with Gasteiger partial charge in [-0.05, 0) is 63.2 Å². The number of likely N-dealkylation sites (N-methyl/N-ethyl adjacent to an activating group) is 1. The molecule has 0 unspecified atom stereocenters. The van der Waals surface area contributed by atoms with Crippen LogP contribution in [-0.4, -0.2) is 82.6 Å². The van der Waals surface area contributed by atoms with E-state index in [4.69, 9.17) is 28.1 Å². The number of aryl methyl sites for hydroxylation is 1. The molecule has 0 bridgehead atoms. The number of rotatable bonds is 6. The summed E-state index contributed by atoms with van der Waals surface area (Å²) in [7, 11) is 4.10. The molecule has 6 rings (SSSR count). The van der Waals surface area contributed by atoms with E-state index >= 15 is 4.39 Å². The Labute approximate surface area is 249 Å². The van der Waals surface area contributed by atoms with Gasteiger partial charge in [-0.25, -0.2) is 20.9 Å². The van der Waals surface area contributed by atoms with Crippen molar-refractivity contribution in [3.05, 3.63) is 76.6 Å². The minimum absolute atomic E-state index is 0.157. The highest BCUT2D eigenvalue weighted by molar-refractivity contribution is 6.35. The third kappa shape index (κ3) is 4.41. The zero-order valence-corrected chi connectivity index (χ0v) is 25.0. The maximum Gasteiger partial charge on any atom is 0.246 e. The number of fused-ring (bicyclic) bond motifs is 3. The number of pyridine rings is 1. The van der Waals surface area contributed by atoms with Gasteiger partial charge in [0.15, 0.2) is 11.6 Å². The standard InChI is InChI=1S/C32H33ClFN7O/c1-7-26(42)40-16-21(11-20(40)13-35-4)41-17-36-30-31(41)24-12-25(33)27(23-10-8-9-18(2)19(23)3)28(34)29(24)37-32(30)39-14-22(15-39)38(5)6/h7-10,12,17,20-22H,1,11,13-16H2,2-3,5-6H3/t20-,21-/m1/s1. The lowest BCUT2D eigenvalue weighted by Gasteiger charge is -2.43. The van der Waals surface area contributed by atoms with Gasteiger partial charge in [0.2, 0.25) is 12.5 Å². The van der Waals surface area contributed by atoms with Crippen LogP contribution in [0, 0.1) is 26.2 Å². The molecule has 10 heteroatoms. The number of hydrogen-bond donors (Lipinski definition) is 0. The Balaban J connectivity index is 1.57. The number of benzene rings is 2. The van der Waals surface area contributed by atoms with Crippen molar-refractivity contribution in [3.63, 3.8) is 0 Å². The number of nitrogens with zero attached hydrogens (tertiary/aromatic N) is 7. The summed E-state index contributed by atoms with van der Waals surface area (Å²) >= 11 is 6.88. The molecule has 2 aromatic heterocycles. The number of halogens is 2. The van der Waals surface area contributed by atoms with Crippen molar-refractivity contribution < 1.29 is 9.18 Å². The predicted molar refractivity (Wildman–Crippen MR) is 165 cm³/mol. The van der Waals surface area contributed by atoms with Gasteiger partial charge in [0.1, 0.15) is 17.1 Å². The maximum absolute atomic E-state index is 16.7. The molecule has 0 spiro atoms. The molecule has 0 saturated carbocycles. The largest absolute Gasteiger partial charge is 0.351 e.